The molecule has 1 saturated carbocycles. The van der Waals surface area contributed by atoms with E-state index in [0.29, 0.717) is 24.9 Å². The molecule has 0 bridgehead atoms. The first-order valence-electron chi connectivity index (χ1n) is 13.6. The maximum Gasteiger partial charge on any atom is 0.306 e. The normalized spacial score (nSPS) is 26.3. The van der Waals surface area contributed by atoms with E-state index in [-0.39, 0.29) is 29.3 Å². The largest absolute Gasteiger partial charge is 0.465 e. The number of rotatable bonds is 16. The van der Waals surface area contributed by atoms with Crippen molar-refractivity contribution in [3.8, 4) is 0 Å². The van der Waals surface area contributed by atoms with Gasteiger partial charge in [0.15, 0.2) is 0 Å². The Morgan fingerprint density at radius 1 is 0.938 bits per heavy atom. The SMILES string of the molecule is CCCCCCCCCCCCSCCC(=O)OCC1C(C)CC(C(C)(C)C)C(O)C1C. The lowest BCUT2D eigenvalue weighted by Gasteiger charge is -2.47. The van der Waals surface area contributed by atoms with Crippen LogP contribution in [0.4, 0.5) is 0 Å². The third-order valence-electron chi connectivity index (χ3n) is 7.62. The number of aliphatic hydroxyl groups is 1. The molecule has 4 heteroatoms. The number of esters is 1. The lowest BCUT2D eigenvalue weighted by atomic mass is 9.61. The van der Waals surface area contributed by atoms with Crippen LogP contribution in [0.1, 0.15) is 119 Å². The zero-order valence-electron chi connectivity index (χ0n) is 22.2. The summed E-state index contributed by atoms with van der Waals surface area (Å²) in [5.74, 6) is 3.14. The first-order chi connectivity index (χ1) is 15.2. The van der Waals surface area contributed by atoms with E-state index >= 15 is 0 Å². The van der Waals surface area contributed by atoms with Crippen LogP contribution >= 0.6 is 11.8 Å². The number of hydrogen-bond acceptors (Lipinski definition) is 4. The van der Waals surface area contributed by atoms with E-state index in [4.69, 9.17) is 4.74 Å². The molecular formula is C28H54O3S. The Balaban J connectivity index is 2.06. The summed E-state index contributed by atoms with van der Waals surface area (Å²) in [5, 5.41) is 10.8. The van der Waals surface area contributed by atoms with Crippen LogP contribution in [-0.4, -0.2) is 35.3 Å². The number of unbranched alkanes of at least 4 members (excludes halogenated alkanes) is 9. The summed E-state index contributed by atoms with van der Waals surface area (Å²) in [6.45, 7) is 13.8. The monoisotopic (exact) mass is 470 g/mol. The quantitative estimate of drug-likeness (QED) is 0.184. The molecule has 0 aromatic rings. The number of carbonyl (C=O) groups excluding carboxylic acids is 1. The zero-order valence-corrected chi connectivity index (χ0v) is 23.0. The Hall–Kier alpha value is -0.220. The van der Waals surface area contributed by atoms with Crippen molar-refractivity contribution in [2.45, 2.75) is 125 Å². The maximum atomic E-state index is 12.2. The third kappa shape index (κ3) is 11.8. The summed E-state index contributed by atoms with van der Waals surface area (Å²) in [6, 6.07) is 0. The van der Waals surface area contributed by atoms with Crippen LogP contribution < -0.4 is 0 Å². The molecule has 1 aliphatic rings. The minimum absolute atomic E-state index is 0.0765. The molecule has 0 aromatic carbocycles. The van der Waals surface area contributed by atoms with Crippen molar-refractivity contribution in [1.82, 2.24) is 0 Å². The van der Waals surface area contributed by atoms with Gasteiger partial charge in [-0.05, 0) is 41.8 Å². The minimum atomic E-state index is -0.313. The van der Waals surface area contributed by atoms with E-state index in [1.807, 2.05) is 11.8 Å². The fourth-order valence-electron chi connectivity index (χ4n) is 5.25. The lowest BCUT2D eigenvalue weighted by Crippen LogP contribution is -2.48. The van der Waals surface area contributed by atoms with Crippen LogP contribution in [0, 0.1) is 29.1 Å². The van der Waals surface area contributed by atoms with Crippen molar-refractivity contribution in [3.05, 3.63) is 0 Å². The summed E-state index contributed by atoms with van der Waals surface area (Å²) in [5.41, 5.74) is 0.106. The molecule has 0 saturated heterocycles. The molecule has 190 valence electrons. The van der Waals surface area contributed by atoms with Gasteiger partial charge < -0.3 is 9.84 Å². The van der Waals surface area contributed by atoms with Crippen LogP contribution in [0.5, 0.6) is 0 Å². The van der Waals surface area contributed by atoms with E-state index in [9.17, 15) is 9.90 Å². The number of hydrogen-bond donors (Lipinski definition) is 1. The van der Waals surface area contributed by atoms with Crippen molar-refractivity contribution < 1.29 is 14.6 Å². The van der Waals surface area contributed by atoms with Gasteiger partial charge in [0, 0.05) is 11.7 Å². The second-order valence-electron chi connectivity index (χ2n) is 11.4. The van der Waals surface area contributed by atoms with Crippen molar-refractivity contribution >= 4 is 17.7 Å². The van der Waals surface area contributed by atoms with Gasteiger partial charge >= 0.3 is 5.97 Å². The molecule has 1 N–H and O–H groups in total. The van der Waals surface area contributed by atoms with Crippen LogP contribution in [0.15, 0.2) is 0 Å². The molecule has 0 radical (unpaired) electrons. The Labute approximate surface area is 204 Å². The topological polar surface area (TPSA) is 46.5 Å². The molecule has 1 rings (SSSR count). The first kappa shape index (κ1) is 29.8. The Bertz CT molecular complexity index is 488. The highest BCUT2D eigenvalue weighted by atomic mass is 32.2. The van der Waals surface area contributed by atoms with E-state index in [0.717, 1.165) is 17.9 Å². The molecule has 0 amide bonds. The van der Waals surface area contributed by atoms with Gasteiger partial charge in [0.25, 0.3) is 0 Å². The highest BCUT2D eigenvalue weighted by Gasteiger charge is 2.44. The summed E-state index contributed by atoms with van der Waals surface area (Å²) >= 11 is 1.88. The number of ether oxygens (including phenoxy) is 1. The second-order valence-corrected chi connectivity index (χ2v) is 12.7. The molecule has 1 aliphatic carbocycles. The standard InChI is InChI=1S/C28H54O3S/c1-7-8-9-10-11-12-13-14-15-16-18-32-19-17-26(29)31-21-24-22(2)20-25(28(4,5)6)27(30)23(24)3/h22-25,27,30H,7-21H2,1-6H3. The molecule has 1 fully saturated rings. The highest BCUT2D eigenvalue weighted by molar-refractivity contribution is 7.99. The van der Waals surface area contributed by atoms with Crippen LogP contribution in [0.2, 0.25) is 0 Å². The van der Waals surface area contributed by atoms with Gasteiger partial charge in [-0.25, -0.2) is 0 Å². The van der Waals surface area contributed by atoms with Crippen LogP contribution in [-0.2, 0) is 9.53 Å². The Morgan fingerprint density at radius 3 is 2.06 bits per heavy atom. The molecule has 5 unspecified atom stereocenters. The van der Waals surface area contributed by atoms with Crippen molar-refractivity contribution in [2.24, 2.45) is 29.1 Å². The summed E-state index contributed by atoms with van der Waals surface area (Å²) in [4.78, 5) is 12.2. The van der Waals surface area contributed by atoms with E-state index in [1.54, 1.807) is 0 Å². The summed E-state index contributed by atoms with van der Waals surface area (Å²) in [7, 11) is 0. The predicted molar refractivity (Wildman–Crippen MR) is 140 cm³/mol. The van der Waals surface area contributed by atoms with E-state index in [2.05, 4.69) is 41.5 Å². The average molecular weight is 471 g/mol. The predicted octanol–water partition coefficient (Wildman–Crippen LogP) is 7.89. The van der Waals surface area contributed by atoms with Gasteiger partial charge in [0.2, 0.25) is 0 Å². The lowest BCUT2D eigenvalue weighted by molar-refractivity contribution is -0.149. The first-order valence-corrected chi connectivity index (χ1v) is 14.7. The molecule has 3 nitrogen and oxygen atoms in total. The van der Waals surface area contributed by atoms with E-state index < -0.39 is 0 Å². The van der Waals surface area contributed by atoms with Crippen LogP contribution in [0.3, 0.4) is 0 Å². The van der Waals surface area contributed by atoms with Gasteiger partial charge in [-0.2, -0.15) is 11.8 Å². The van der Waals surface area contributed by atoms with Crippen molar-refractivity contribution in [1.29, 1.82) is 0 Å². The number of carbonyl (C=O) groups is 1. The smallest absolute Gasteiger partial charge is 0.306 e. The zero-order chi connectivity index (χ0) is 24.0. The molecule has 0 heterocycles. The Kier molecular flexibility index (Phi) is 15.3. The maximum absolute atomic E-state index is 12.2. The average Bonchev–Trinajstić information content (AvgIpc) is 2.73. The van der Waals surface area contributed by atoms with Gasteiger partial charge in [-0.15, -0.1) is 0 Å². The number of aliphatic hydroxyl groups excluding tert-OH is 1. The molecule has 0 aliphatic heterocycles. The molecule has 0 spiro atoms. The van der Waals surface area contributed by atoms with Gasteiger partial charge in [0.05, 0.1) is 19.1 Å². The molecule has 32 heavy (non-hydrogen) atoms. The molecule has 0 aromatic heterocycles. The van der Waals surface area contributed by atoms with Crippen LogP contribution in [0.25, 0.3) is 0 Å². The van der Waals surface area contributed by atoms with Crippen molar-refractivity contribution in [3.63, 3.8) is 0 Å². The molecular weight excluding hydrogens is 416 g/mol. The van der Waals surface area contributed by atoms with Crippen molar-refractivity contribution in [2.75, 3.05) is 18.1 Å². The van der Waals surface area contributed by atoms with Gasteiger partial charge in [0.1, 0.15) is 0 Å². The highest BCUT2D eigenvalue weighted by Crippen LogP contribution is 2.45. The fourth-order valence-corrected chi connectivity index (χ4v) is 6.17. The summed E-state index contributed by atoms with van der Waals surface area (Å²) < 4.78 is 5.64. The Morgan fingerprint density at radius 2 is 1.50 bits per heavy atom. The van der Waals surface area contributed by atoms with Gasteiger partial charge in [-0.1, -0.05) is 99.3 Å². The second kappa shape index (κ2) is 16.4. The fraction of sp³-hybridized carbons (Fsp3) is 0.964. The third-order valence-corrected chi connectivity index (χ3v) is 8.69. The molecule has 5 atom stereocenters. The van der Waals surface area contributed by atoms with E-state index in [1.165, 1.54) is 64.2 Å². The summed E-state index contributed by atoms with van der Waals surface area (Å²) in [6.07, 6.45) is 14.9. The number of thioether (sulfide) groups is 1. The van der Waals surface area contributed by atoms with Gasteiger partial charge in [-0.3, -0.25) is 4.79 Å². The minimum Gasteiger partial charge on any atom is -0.465 e.